The Morgan fingerprint density at radius 2 is 2.11 bits per heavy atom. The topological polar surface area (TPSA) is 37.8 Å². The molecule has 0 saturated heterocycles. The first-order valence-corrected chi connectivity index (χ1v) is 7.31. The molecule has 1 N–H and O–H groups in total. The smallest absolute Gasteiger partial charge is 0.135 e. The van der Waals surface area contributed by atoms with Gasteiger partial charge in [0.05, 0.1) is 0 Å². The van der Waals surface area contributed by atoms with Crippen molar-refractivity contribution in [3.8, 4) is 0 Å². The molecule has 3 nitrogen and oxygen atoms in total. The van der Waals surface area contributed by atoms with E-state index in [9.17, 15) is 0 Å². The lowest BCUT2D eigenvalue weighted by Crippen LogP contribution is -2.06. The van der Waals surface area contributed by atoms with Gasteiger partial charge < -0.3 is 5.32 Å². The van der Waals surface area contributed by atoms with E-state index < -0.39 is 0 Å². The van der Waals surface area contributed by atoms with E-state index in [0.29, 0.717) is 11.1 Å². The lowest BCUT2D eigenvalue weighted by Gasteiger charge is -2.08. The van der Waals surface area contributed by atoms with Crippen molar-refractivity contribution in [3.63, 3.8) is 0 Å². The van der Waals surface area contributed by atoms with Crippen LogP contribution in [0.25, 0.3) is 0 Å². The maximum Gasteiger partial charge on any atom is 0.135 e. The molecule has 1 saturated carbocycles. The second-order valence-corrected chi connectivity index (χ2v) is 5.91. The van der Waals surface area contributed by atoms with Crippen LogP contribution in [0.4, 0.5) is 5.82 Å². The lowest BCUT2D eigenvalue weighted by atomic mass is 10.1. The molecule has 2 rings (SSSR count). The fourth-order valence-corrected chi connectivity index (χ4v) is 2.13. The van der Waals surface area contributed by atoms with E-state index in [-0.39, 0.29) is 0 Å². The summed E-state index contributed by atoms with van der Waals surface area (Å²) in [6.45, 7) is 5.49. The molecule has 0 unspecified atom stereocenters. The molecule has 18 heavy (non-hydrogen) atoms. The van der Waals surface area contributed by atoms with E-state index in [4.69, 9.17) is 11.6 Å². The van der Waals surface area contributed by atoms with Gasteiger partial charge in [-0.1, -0.05) is 38.3 Å². The molecule has 4 heteroatoms. The van der Waals surface area contributed by atoms with Crippen molar-refractivity contribution >= 4 is 17.4 Å². The van der Waals surface area contributed by atoms with Crippen LogP contribution in [0.2, 0.25) is 5.15 Å². The van der Waals surface area contributed by atoms with Gasteiger partial charge in [0.2, 0.25) is 0 Å². The summed E-state index contributed by atoms with van der Waals surface area (Å²) in [7, 11) is 0. The number of hydrogen-bond acceptors (Lipinski definition) is 3. The minimum atomic E-state index is 0.546. The second kappa shape index (κ2) is 6.37. The standard InChI is InChI=1S/C14H22ClN3/c1-10(2)5-3-4-8-16-13-9-12(15)17-14(18-13)11-6-7-11/h9-11H,3-8H2,1-2H3,(H,16,17,18). The molecule has 1 aromatic rings. The highest BCUT2D eigenvalue weighted by atomic mass is 35.5. The Morgan fingerprint density at radius 3 is 2.78 bits per heavy atom. The van der Waals surface area contributed by atoms with E-state index in [1.807, 2.05) is 6.07 Å². The summed E-state index contributed by atoms with van der Waals surface area (Å²) in [6.07, 6.45) is 6.14. The van der Waals surface area contributed by atoms with Gasteiger partial charge in [-0.05, 0) is 25.2 Å². The molecule has 1 aromatic heterocycles. The number of anilines is 1. The van der Waals surface area contributed by atoms with Gasteiger partial charge >= 0.3 is 0 Å². The van der Waals surface area contributed by atoms with Crippen LogP contribution in [0.1, 0.15) is 57.7 Å². The van der Waals surface area contributed by atoms with Crippen molar-refractivity contribution in [3.05, 3.63) is 17.0 Å². The monoisotopic (exact) mass is 267 g/mol. The van der Waals surface area contributed by atoms with Crippen LogP contribution in [-0.4, -0.2) is 16.5 Å². The highest BCUT2D eigenvalue weighted by Crippen LogP contribution is 2.38. The van der Waals surface area contributed by atoms with E-state index in [1.165, 1.54) is 32.1 Å². The van der Waals surface area contributed by atoms with Crippen LogP contribution in [0.5, 0.6) is 0 Å². The zero-order valence-electron chi connectivity index (χ0n) is 11.2. The molecular formula is C14H22ClN3. The summed E-state index contributed by atoms with van der Waals surface area (Å²) in [5, 5.41) is 3.90. The molecule has 100 valence electrons. The fourth-order valence-electron chi connectivity index (χ4n) is 1.94. The first-order chi connectivity index (χ1) is 8.65. The van der Waals surface area contributed by atoms with E-state index >= 15 is 0 Å². The van der Waals surface area contributed by atoms with E-state index in [1.54, 1.807) is 0 Å². The van der Waals surface area contributed by atoms with Crippen molar-refractivity contribution in [2.75, 3.05) is 11.9 Å². The molecule has 0 radical (unpaired) electrons. The minimum Gasteiger partial charge on any atom is -0.370 e. The molecule has 0 spiro atoms. The van der Waals surface area contributed by atoms with Crippen molar-refractivity contribution in [2.45, 2.75) is 51.9 Å². The predicted octanol–water partition coefficient (Wildman–Crippen LogP) is 4.25. The average molecular weight is 268 g/mol. The SMILES string of the molecule is CC(C)CCCCNc1cc(Cl)nc(C2CC2)n1. The van der Waals surface area contributed by atoms with Gasteiger partial charge in [-0.15, -0.1) is 0 Å². The zero-order valence-corrected chi connectivity index (χ0v) is 12.0. The summed E-state index contributed by atoms with van der Waals surface area (Å²) in [6, 6.07) is 1.82. The minimum absolute atomic E-state index is 0.546. The van der Waals surface area contributed by atoms with Crippen LogP contribution in [-0.2, 0) is 0 Å². The maximum absolute atomic E-state index is 6.01. The third-order valence-electron chi connectivity index (χ3n) is 3.17. The number of nitrogens with zero attached hydrogens (tertiary/aromatic N) is 2. The molecule has 0 atom stereocenters. The largest absolute Gasteiger partial charge is 0.370 e. The Bertz CT molecular complexity index is 389. The lowest BCUT2D eigenvalue weighted by molar-refractivity contribution is 0.544. The molecule has 0 amide bonds. The highest BCUT2D eigenvalue weighted by molar-refractivity contribution is 6.29. The summed E-state index contributed by atoms with van der Waals surface area (Å²) in [4.78, 5) is 8.80. The normalized spacial score (nSPS) is 15.1. The molecule has 0 aliphatic heterocycles. The van der Waals surface area contributed by atoms with Crippen LogP contribution in [0.15, 0.2) is 6.07 Å². The maximum atomic E-state index is 6.01. The Hall–Kier alpha value is -0.830. The van der Waals surface area contributed by atoms with Crippen molar-refractivity contribution in [1.29, 1.82) is 0 Å². The number of aromatic nitrogens is 2. The average Bonchev–Trinajstić information content (AvgIpc) is 3.11. The number of hydrogen-bond donors (Lipinski definition) is 1. The van der Waals surface area contributed by atoms with Crippen LogP contribution < -0.4 is 5.32 Å². The highest BCUT2D eigenvalue weighted by Gasteiger charge is 2.27. The Labute approximate surface area is 114 Å². The van der Waals surface area contributed by atoms with Crippen LogP contribution >= 0.6 is 11.6 Å². The fraction of sp³-hybridized carbons (Fsp3) is 0.714. The number of nitrogens with one attached hydrogen (secondary N) is 1. The van der Waals surface area contributed by atoms with Crippen LogP contribution in [0, 0.1) is 5.92 Å². The summed E-state index contributed by atoms with van der Waals surface area (Å²) in [5.74, 6) is 3.12. The van der Waals surface area contributed by atoms with Crippen molar-refractivity contribution in [1.82, 2.24) is 9.97 Å². The first-order valence-electron chi connectivity index (χ1n) is 6.93. The zero-order chi connectivity index (χ0) is 13.0. The molecule has 0 bridgehead atoms. The third kappa shape index (κ3) is 4.45. The van der Waals surface area contributed by atoms with Gasteiger partial charge in [0.25, 0.3) is 0 Å². The second-order valence-electron chi connectivity index (χ2n) is 5.52. The number of unbranched alkanes of at least 4 members (excludes halogenated alkanes) is 1. The summed E-state index contributed by atoms with van der Waals surface area (Å²) in [5.41, 5.74) is 0. The summed E-state index contributed by atoms with van der Waals surface area (Å²) < 4.78 is 0. The molecular weight excluding hydrogens is 246 g/mol. The molecule has 1 fully saturated rings. The third-order valence-corrected chi connectivity index (χ3v) is 3.36. The van der Waals surface area contributed by atoms with E-state index in [2.05, 4.69) is 29.1 Å². The molecule has 1 aliphatic carbocycles. The van der Waals surface area contributed by atoms with Gasteiger partial charge in [-0.2, -0.15) is 0 Å². The number of halogens is 1. The van der Waals surface area contributed by atoms with Crippen molar-refractivity contribution in [2.24, 2.45) is 5.92 Å². The first kappa shape index (κ1) is 13.6. The predicted molar refractivity (Wildman–Crippen MR) is 76.2 cm³/mol. The summed E-state index contributed by atoms with van der Waals surface area (Å²) >= 11 is 6.01. The Morgan fingerprint density at radius 1 is 1.33 bits per heavy atom. The van der Waals surface area contributed by atoms with E-state index in [0.717, 1.165) is 24.1 Å². The van der Waals surface area contributed by atoms with Gasteiger partial charge in [-0.25, -0.2) is 9.97 Å². The quantitative estimate of drug-likeness (QED) is 0.593. The van der Waals surface area contributed by atoms with Crippen molar-refractivity contribution < 1.29 is 0 Å². The molecule has 1 aliphatic rings. The molecule has 0 aromatic carbocycles. The van der Waals surface area contributed by atoms with Crippen LogP contribution in [0.3, 0.4) is 0 Å². The Kier molecular flexibility index (Phi) is 4.81. The Balaban J connectivity index is 1.78. The molecule has 1 heterocycles. The van der Waals surface area contributed by atoms with Gasteiger partial charge in [0.1, 0.15) is 16.8 Å². The number of rotatable bonds is 7. The van der Waals surface area contributed by atoms with Gasteiger partial charge in [-0.3, -0.25) is 0 Å². The van der Waals surface area contributed by atoms with Gasteiger partial charge in [0, 0.05) is 18.5 Å². The van der Waals surface area contributed by atoms with Gasteiger partial charge in [0.15, 0.2) is 0 Å².